The summed E-state index contributed by atoms with van der Waals surface area (Å²) in [7, 11) is 6.15. The Hall–Kier alpha value is -4.25. The van der Waals surface area contributed by atoms with Crippen LogP contribution < -0.4 is 9.47 Å². The lowest BCUT2D eigenvalue weighted by molar-refractivity contribution is -0.155. The van der Waals surface area contributed by atoms with Crippen molar-refractivity contribution in [3.8, 4) is 11.5 Å². The highest BCUT2D eigenvalue weighted by Gasteiger charge is 2.52. The summed E-state index contributed by atoms with van der Waals surface area (Å²) in [5.74, 6) is -0.333. The number of methoxy groups -OCH3 is 4. The largest absolute Gasteiger partial charge is 0.493 e. The number of rotatable bonds is 16. The lowest BCUT2D eigenvalue weighted by Gasteiger charge is -2.37. The quantitative estimate of drug-likeness (QED) is 0.0854. The number of carbonyl (C=O) groups is 1. The Balaban J connectivity index is 1.54. The van der Waals surface area contributed by atoms with Crippen molar-refractivity contribution >= 4 is 5.97 Å². The molecular weight excluding hydrogens is 588 g/mol. The zero-order valence-corrected chi connectivity index (χ0v) is 26.5. The molecule has 4 aromatic rings. The van der Waals surface area contributed by atoms with Crippen LogP contribution in [0, 0.1) is 5.92 Å². The minimum absolute atomic E-state index is 0.0121. The average Bonchev–Trinajstić information content (AvgIpc) is 3.43. The number of ether oxygens (including phenoxy) is 8. The Morgan fingerprint density at radius 3 is 1.74 bits per heavy atom. The monoisotopic (exact) mass is 628 g/mol. The Kier molecular flexibility index (Phi) is 11.4. The number of hydrogen-bond donors (Lipinski definition) is 0. The van der Waals surface area contributed by atoms with E-state index in [4.69, 9.17) is 37.9 Å². The fourth-order valence-corrected chi connectivity index (χ4v) is 6.00. The van der Waals surface area contributed by atoms with E-state index in [1.54, 1.807) is 26.4 Å². The molecule has 5 rings (SSSR count). The Morgan fingerprint density at radius 1 is 0.696 bits per heavy atom. The number of benzene rings is 4. The summed E-state index contributed by atoms with van der Waals surface area (Å²) in [5, 5.41) is 0. The highest BCUT2D eigenvalue weighted by Crippen LogP contribution is 2.44. The van der Waals surface area contributed by atoms with E-state index in [0.717, 1.165) is 16.7 Å². The fraction of sp³-hybridized carbons (Fsp3) is 0.324. The predicted octanol–water partition coefficient (Wildman–Crippen LogP) is 5.90. The van der Waals surface area contributed by atoms with Gasteiger partial charge in [0.1, 0.15) is 37.3 Å². The van der Waals surface area contributed by atoms with Crippen molar-refractivity contribution in [2.24, 2.45) is 5.92 Å². The zero-order chi connectivity index (χ0) is 32.4. The van der Waals surface area contributed by atoms with Gasteiger partial charge in [0, 0.05) is 14.2 Å². The van der Waals surface area contributed by atoms with E-state index in [2.05, 4.69) is 0 Å². The molecular formula is C37H40O9. The van der Waals surface area contributed by atoms with Crippen molar-refractivity contribution in [3.63, 3.8) is 0 Å². The van der Waals surface area contributed by atoms with Gasteiger partial charge in [0.05, 0.1) is 20.8 Å². The standard InChI is InChI=1S/C37H40O9/c1-39-24-43-34(26-20-21-30(41-3)31(22-26)42-4)33-35(44-25-40-2)32(46-36(33)38)23-45-37(27-14-8-5-9-15-27,28-16-10-6-11-17-28)29-18-12-7-13-19-29/h5-22,32-35H,23-25H2,1-4H3/t32-,33+,34-,35-/m0/s1. The molecule has 9 heteroatoms. The molecule has 1 heterocycles. The second-order valence-corrected chi connectivity index (χ2v) is 10.7. The van der Waals surface area contributed by atoms with E-state index < -0.39 is 35.8 Å². The molecule has 0 spiro atoms. The molecule has 0 saturated carbocycles. The van der Waals surface area contributed by atoms with Gasteiger partial charge in [-0.2, -0.15) is 0 Å². The van der Waals surface area contributed by atoms with Gasteiger partial charge in [0.25, 0.3) is 0 Å². The lowest BCUT2D eigenvalue weighted by atomic mass is 9.80. The molecule has 4 aromatic carbocycles. The van der Waals surface area contributed by atoms with Crippen molar-refractivity contribution in [2.45, 2.75) is 23.9 Å². The van der Waals surface area contributed by atoms with Crippen LogP contribution in [0.3, 0.4) is 0 Å². The summed E-state index contributed by atoms with van der Waals surface area (Å²) in [6.07, 6.45) is -2.39. The fourth-order valence-electron chi connectivity index (χ4n) is 6.00. The molecule has 4 atom stereocenters. The Morgan fingerprint density at radius 2 is 1.24 bits per heavy atom. The third-order valence-electron chi connectivity index (χ3n) is 8.07. The second kappa shape index (κ2) is 15.8. The van der Waals surface area contributed by atoms with Crippen LogP contribution in [-0.2, 0) is 38.8 Å². The lowest BCUT2D eigenvalue weighted by Crippen LogP contribution is -2.41. The van der Waals surface area contributed by atoms with Crippen molar-refractivity contribution in [3.05, 3.63) is 131 Å². The third-order valence-corrected chi connectivity index (χ3v) is 8.07. The van der Waals surface area contributed by atoms with Crippen LogP contribution >= 0.6 is 0 Å². The molecule has 46 heavy (non-hydrogen) atoms. The average molecular weight is 629 g/mol. The summed E-state index contributed by atoms with van der Waals surface area (Å²) < 4.78 is 46.9. The van der Waals surface area contributed by atoms with Crippen LogP contribution in [0.2, 0.25) is 0 Å². The molecule has 242 valence electrons. The number of cyclic esters (lactones) is 1. The molecule has 1 fully saturated rings. The third kappa shape index (κ3) is 6.94. The molecule has 0 aliphatic carbocycles. The van der Waals surface area contributed by atoms with Crippen LogP contribution in [0.5, 0.6) is 11.5 Å². The van der Waals surface area contributed by atoms with Crippen molar-refractivity contribution in [2.75, 3.05) is 48.6 Å². The van der Waals surface area contributed by atoms with Crippen LogP contribution in [0.25, 0.3) is 0 Å². The van der Waals surface area contributed by atoms with Crippen LogP contribution in [-0.4, -0.2) is 66.8 Å². The van der Waals surface area contributed by atoms with Crippen molar-refractivity contribution in [1.82, 2.24) is 0 Å². The van der Waals surface area contributed by atoms with E-state index in [1.165, 1.54) is 14.2 Å². The molecule has 0 aromatic heterocycles. The molecule has 0 amide bonds. The molecule has 0 bridgehead atoms. The summed E-state index contributed by atoms with van der Waals surface area (Å²) in [5.41, 5.74) is 2.42. The summed E-state index contributed by atoms with van der Waals surface area (Å²) in [6.45, 7) is -0.128. The molecule has 1 aliphatic rings. The van der Waals surface area contributed by atoms with Gasteiger partial charge < -0.3 is 37.9 Å². The van der Waals surface area contributed by atoms with Crippen molar-refractivity contribution in [1.29, 1.82) is 0 Å². The molecule has 9 nitrogen and oxygen atoms in total. The van der Waals surface area contributed by atoms with Crippen LogP contribution in [0.1, 0.15) is 28.4 Å². The van der Waals surface area contributed by atoms with Gasteiger partial charge in [-0.15, -0.1) is 0 Å². The van der Waals surface area contributed by atoms with Gasteiger partial charge in [-0.25, -0.2) is 0 Å². The number of esters is 1. The summed E-state index contributed by atoms with van der Waals surface area (Å²) >= 11 is 0. The highest BCUT2D eigenvalue weighted by atomic mass is 16.7. The van der Waals surface area contributed by atoms with Gasteiger partial charge in [0.15, 0.2) is 17.6 Å². The Labute approximate surface area is 269 Å². The van der Waals surface area contributed by atoms with Gasteiger partial charge in [-0.1, -0.05) is 97.1 Å². The predicted molar refractivity (Wildman–Crippen MR) is 171 cm³/mol. The molecule has 1 aliphatic heterocycles. The number of carbonyl (C=O) groups excluding carboxylic acids is 1. The summed E-state index contributed by atoms with van der Waals surface area (Å²) in [6, 6.07) is 35.4. The normalized spacial score (nSPS) is 18.6. The molecule has 0 unspecified atom stereocenters. The number of hydrogen-bond acceptors (Lipinski definition) is 9. The molecule has 1 saturated heterocycles. The SMILES string of the molecule is COCO[C@@H]1[C@@H]([C@@H](OCOC)c2ccc(OC)c(OC)c2)C(=O)O[C@H]1COC(c1ccccc1)(c1ccccc1)c1ccccc1. The van der Waals surface area contributed by atoms with Gasteiger partial charge in [0.2, 0.25) is 0 Å². The van der Waals surface area contributed by atoms with E-state index >= 15 is 0 Å². The minimum atomic E-state index is -1.02. The van der Waals surface area contributed by atoms with Crippen molar-refractivity contribution < 1.29 is 42.7 Å². The van der Waals surface area contributed by atoms with Gasteiger partial charge in [-0.3, -0.25) is 4.79 Å². The Bertz CT molecular complexity index is 1420. The summed E-state index contributed by atoms with van der Waals surface area (Å²) in [4.78, 5) is 13.8. The van der Waals surface area contributed by atoms with E-state index in [9.17, 15) is 4.79 Å². The van der Waals surface area contributed by atoms with E-state index in [-0.39, 0.29) is 20.2 Å². The zero-order valence-electron chi connectivity index (χ0n) is 26.5. The highest BCUT2D eigenvalue weighted by molar-refractivity contribution is 5.77. The maximum atomic E-state index is 13.8. The first-order valence-electron chi connectivity index (χ1n) is 15.0. The first-order chi connectivity index (χ1) is 22.6. The molecule has 0 N–H and O–H groups in total. The van der Waals surface area contributed by atoms with E-state index in [0.29, 0.717) is 17.1 Å². The first-order valence-corrected chi connectivity index (χ1v) is 15.0. The smallest absolute Gasteiger partial charge is 0.315 e. The second-order valence-electron chi connectivity index (χ2n) is 10.7. The molecule has 0 radical (unpaired) electrons. The van der Waals surface area contributed by atoms with Crippen LogP contribution in [0.15, 0.2) is 109 Å². The van der Waals surface area contributed by atoms with Gasteiger partial charge in [-0.05, 0) is 34.4 Å². The maximum Gasteiger partial charge on any atom is 0.315 e. The minimum Gasteiger partial charge on any atom is -0.493 e. The van der Waals surface area contributed by atoms with E-state index in [1.807, 2.05) is 97.1 Å². The topological polar surface area (TPSA) is 90.9 Å². The maximum absolute atomic E-state index is 13.8. The first kappa shape index (κ1) is 33.1. The van der Waals surface area contributed by atoms with Crippen LogP contribution in [0.4, 0.5) is 0 Å². The van der Waals surface area contributed by atoms with Gasteiger partial charge >= 0.3 is 5.97 Å².